The molecular weight excluding hydrogens is 182 g/mol. The van der Waals surface area contributed by atoms with Crippen LogP contribution in [-0.2, 0) is 4.79 Å². The minimum absolute atomic E-state index is 0.205. The normalized spacial score (nSPS) is 9.57. The van der Waals surface area contributed by atoms with Gasteiger partial charge in [-0.25, -0.2) is 4.79 Å². The second-order valence-electron chi connectivity index (χ2n) is 3.02. The summed E-state index contributed by atoms with van der Waals surface area (Å²) in [6.07, 6.45) is 0. The Labute approximate surface area is 81.6 Å². The van der Waals surface area contributed by atoms with Crippen LogP contribution >= 0.6 is 0 Å². The SMILES string of the molecule is CC(=O)Nc1ccc(C)c(C(=O)O)c1. The van der Waals surface area contributed by atoms with Gasteiger partial charge in [-0.15, -0.1) is 0 Å². The quantitative estimate of drug-likeness (QED) is 0.750. The van der Waals surface area contributed by atoms with E-state index >= 15 is 0 Å². The van der Waals surface area contributed by atoms with Crippen LogP contribution in [0.15, 0.2) is 18.2 Å². The van der Waals surface area contributed by atoms with Gasteiger partial charge in [0.05, 0.1) is 5.56 Å². The van der Waals surface area contributed by atoms with Crippen molar-refractivity contribution >= 4 is 17.6 Å². The van der Waals surface area contributed by atoms with Gasteiger partial charge in [-0.3, -0.25) is 4.79 Å². The summed E-state index contributed by atoms with van der Waals surface area (Å²) < 4.78 is 0. The Morgan fingerprint density at radius 2 is 2.00 bits per heavy atom. The van der Waals surface area contributed by atoms with Crippen LogP contribution in [0.1, 0.15) is 22.8 Å². The second kappa shape index (κ2) is 3.91. The molecule has 0 unspecified atom stereocenters. The van der Waals surface area contributed by atoms with E-state index in [2.05, 4.69) is 5.32 Å². The molecule has 0 atom stereocenters. The molecule has 74 valence electrons. The van der Waals surface area contributed by atoms with Crippen molar-refractivity contribution < 1.29 is 14.7 Å². The summed E-state index contributed by atoms with van der Waals surface area (Å²) in [5, 5.41) is 11.3. The molecule has 1 aromatic rings. The van der Waals surface area contributed by atoms with Crippen LogP contribution in [0.3, 0.4) is 0 Å². The molecule has 4 heteroatoms. The minimum atomic E-state index is -0.991. The van der Waals surface area contributed by atoms with Gasteiger partial charge in [-0.2, -0.15) is 0 Å². The van der Waals surface area contributed by atoms with E-state index in [0.717, 1.165) is 0 Å². The van der Waals surface area contributed by atoms with Crippen molar-refractivity contribution in [3.8, 4) is 0 Å². The highest BCUT2D eigenvalue weighted by Gasteiger charge is 2.07. The summed E-state index contributed by atoms with van der Waals surface area (Å²) in [6, 6.07) is 4.77. The lowest BCUT2D eigenvalue weighted by molar-refractivity contribution is -0.114. The summed E-state index contributed by atoms with van der Waals surface area (Å²) in [4.78, 5) is 21.5. The Morgan fingerprint density at radius 3 is 2.50 bits per heavy atom. The minimum Gasteiger partial charge on any atom is -0.478 e. The van der Waals surface area contributed by atoms with Gasteiger partial charge in [-0.05, 0) is 24.6 Å². The standard InChI is InChI=1S/C10H11NO3/c1-6-3-4-8(11-7(2)12)5-9(6)10(13)14/h3-5H,1-2H3,(H,11,12)(H,13,14). The fraction of sp³-hybridized carbons (Fsp3) is 0.200. The average molecular weight is 193 g/mol. The van der Waals surface area contributed by atoms with E-state index < -0.39 is 5.97 Å². The van der Waals surface area contributed by atoms with Gasteiger partial charge in [0.25, 0.3) is 0 Å². The third-order valence-corrected chi connectivity index (χ3v) is 1.79. The lowest BCUT2D eigenvalue weighted by atomic mass is 10.1. The summed E-state index contributed by atoms with van der Waals surface area (Å²) in [7, 11) is 0. The summed E-state index contributed by atoms with van der Waals surface area (Å²) in [5.41, 5.74) is 1.38. The molecule has 0 aliphatic carbocycles. The third kappa shape index (κ3) is 2.32. The molecule has 0 saturated heterocycles. The van der Waals surface area contributed by atoms with E-state index in [0.29, 0.717) is 11.3 Å². The van der Waals surface area contributed by atoms with Crippen LogP contribution in [-0.4, -0.2) is 17.0 Å². The molecule has 0 bridgehead atoms. The first kappa shape index (κ1) is 10.2. The Hall–Kier alpha value is -1.84. The highest BCUT2D eigenvalue weighted by molar-refractivity contribution is 5.93. The van der Waals surface area contributed by atoms with Crippen LogP contribution < -0.4 is 5.32 Å². The van der Waals surface area contributed by atoms with Gasteiger partial charge >= 0.3 is 5.97 Å². The molecule has 1 rings (SSSR count). The van der Waals surface area contributed by atoms with E-state index in [-0.39, 0.29) is 11.5 Å². The van der Waals surface area contributed by atoms with Crippen LogP contribution in [0.4, 0.5) is 5.69 Å². The largest absolute Gasteiger partial charge is 0.478 e. The van der Waals surface area contributed by atoms with Crippen LogP contribution in [0.5, 0.6) is 0 Å². The van der Waals surface area contributed by atoms with Crippen molar-refractivity contribution in [3.05, 3.63) is 29.3 Å². The monoisotopic (exact) mass is 193 g/mol. The van der Waals surface area contributed by atoms with Crippen molar-refractivity contribution in [3.63, 3.8) is 0 Å². The first-order chi connectivity index (χ1) is 6.50. The molecule has 4 nitrogen and oxygen atoms in total. The van der Waals surface area contributed by atoms with Gasteiger partial charge in [0.15, 0.2) is 0 Å². The summed E-state index contributed by atoms with van der Waals surface area (Å²) in [6.45, 7) is 3.08. The van der Waals surface area contributed by atoms with E-state index in [9.17, 15) is 9.59 Å². The Balaban J connectivity index is 3.06. The number of rotatable bonds is 2. The Bertz CT molecular complexity index is 385. The number of carbonyl (C=O) groups is 2. The van der Waals surface area contributed by atoms with E-state index in [1.807, 2.05) is 0 Å². The number of carbonyl (C=O) groups excluding carboxylic acids is 1. The zero-order chi connectivity index (χ0) is 10.7. The van der Waals surface area contributed by atoms with E-state index in [1.165, 1.54) is 13.0 Å². The van der Waals surface area contributed by atoms with E-state index in [1.54, 1.807) is 19.1 Å². The number of benzene rings is 1. The number of aromatic carboxylic acids is 1. The lowest BCUT2D eigenvalue weighted by Crippen LogP contribution is -2.07. The molecule has 0 heterocycles. The molecule has 14 heavy (non-hydrogen) atoms. The molecule has 0 aromatic heterocycles. The Morgan fingerprint density at radius 1 is 1.36 bits per heavy atom. The third-order valence-electron chi connectivity index (χ3n) is 1.79. The number of aryl methyl sites for hydroxylation is 1. The number of carboxylic acid groups (broad SMARTS) is 1. The maximum Gasteiger partial charge on any atom is 0.336 e. The fourth-order valence-electron chi connectivity index (χ4n) is 1.13. The fourth-order valence-corrected chi connectivity index (χ4v) is 1.13. The van der Waals surface area contributed by atoms with Gasteiger partial charge in [0.2, 0.25) is 5.91 Å². The molecule has 0 aliphatic rings. The lowest BCUT2D eigenvalue weighted by Gasteiger charge is -2.05. The predicted octanol–water partition coefficient (Wildman–Crippen LogP) is 1.65. The molecule has 1 aromatic carbocycles. The first-order valence-electron chi connectivity index (χ1n) is 4.12. The number of carboxylic acids is 1. The topological polar surface area (TPSA) is 66.4 Å². The van der Waals surface area contributed by atoms with E-state index in [4.69, 9.17) is 5.11 Å². The molecule has 1 amide bonds. The second-order valence-corrected chi connectivity index (χ2v) is 3.02. The maximum absolute atomic E-state index is 10.7. The molecule has 0 fully saturated rings. The molecule has 2 N–H and O–H groups in total. The van der Waals surface area contributed by atoms with Crippen molar-refractivity contribution in [1.82, 2.24) is 0 Å². The van der Waals surface area contributed by atoms with Crippen LogP contribution in [0, 0.1) is 6.92 Å². The summed E-state index contributed by atoms with van der Waals surface area (Å²) in [5.74, 6) is -1.21. The van der Waals surface area contributed by atoms with Gasteiger partial charge in [0, 0.05) is 12.6 Å². The number of anilines is 1. The molecule has 0 radical (unpaired) electrons. The average Bonchev–Trinajstić information content (AvgIpc) is 2.07. The first-order valence-corrected chi connectivity index (χ1v) is 4.12. The number of amides is 1. The highest BCUT2D eigenvalue weighted by Crippen LogP contribution is 2.15. The van der Waals surface area contributed by atoms with Gasteiger partial charge in [-0.1, -0.05) is 6.07 Å². The molecule has 0 saturated carbocycles. The van der Waals surface area contributed by atoms with Crippen LogP contribution in [0.25, 0.3) is 0 Å². The van der Waals surface area contributed by atoms with Crippen molar-refractivity contribution in [1.29, 1.82) is 0 Å². The summed E-state index contributed by atoms with van der Waals surface area (Å²) >= 11 is 0. The predicted molar refractivity (Wildman–Crippen MR) is 52.4 cm³/mol. The number of hydrogen-bond acceptors (Lipinski definition) is 2. The highest BCUT2D eigenvalue weighted by atomic mass is 16.4. The number of nitrogens with one attached hydrogen (secondary N) is 1. The van der Waals surface area contributed by atoms with Crippen molar-refractivity contribution in [2.24, 2.45) is 0 Å². The zero-order valence-electron chi connectivity index (χ0n) is 8.00. The van der Waals surface area contributed by atoms with Gasteiger partial charge in [0.1, 0.15) is 0 Å². The Kier molecular flexibility index (Phi) is 2.86. The van der Waals surface area contributed by atoms with Crippen LogP contribution in [0.2, 0.25) is 0 Å². The van der Waals surface area contributed by atoms with Crippen molar-refractivity contribution in [2.45, 2.75) is 13.8 Å². The van der Waals surface area contributed by atoms with Gasteiger partial charge < -0.3 is 10.4 Å². The number of hydrogen-bond donors (Lipinski definition) is 2. The molecule has 0 aliphatic heterocycles. The smallest absolute Gasteiger partial charge is 0.336 e. The maximum atomic E-state index is 10.7. The zero-order valence-corrected chi connectivity index (χ0v) is 8.00. The molecular formula is C10H11NO3. The molecule has 0 spiro atoms. The van der Waals surface area contributed by atoms with Crippen molar-refractivity contribution in [2.75, 3.05) is 5.32 Å².